The fourth-order valence-corrected chi connectivity index (χ4v) is 1.93. The third-order valence-electron chi connectivity index (χ3n) is 3.31. The van der Waals surface area contributed by atoms with E-state index in [1.54, 1.807) is 6.07 Å². The molecule has 0 radical (unpaired) electrons. The summed E-state index contributed by atoms with van der Waals surface area (Å²) in [4.78, 5) is 11.8. The van der Waals surface area contributed by atoms with Crippen LogP contribution in [-0.4, -0.2) is 35.4 Å². The second-order valence-corrected chi connectivity index (χ2v) is 4.64. The Hall–Kier alpha value is -1.75. The third kappa shape index (κ3) is 2.56. The molecule has 1 fully saturated rings. The summed E-state index contributed by atoms with van der Waals surface area (Å²) < 4.78 is 4.94. The molecule has 1 aromatic rings. The van der Waals surface area contributed by atoms with Crippen molar-refractivity contribution in [3.8, 4) is 11.5 Å². The van der Waals surface area contributed by atoms with Crippen LogP contribution in [0.15, 0.2) is 18.2 Å². The molecule has 1 saturated carbocycles. The fourth-order valence-electron chi connectivity index (χ4n) is 1.93. The molecule has 1 aliphatic carbocycles. The summed E-state index contributed by atoms with van der Waals surface area (Å²) in [5.74, 6) is -0.0374. The Balaban J connectivity index is 2.00. The van der Waals surface area contributed by atoms with Gasteiger partial charge in [0.15, 0.2) is 0 Å². The Kier molecular flexibility index (Phi) is 3.43. The summed E-state index contributed by atoms with van der Waals surface area (Å²) in [5, 5.41) is 22.2. The van der Waals surface area contributed by atoms with Crippen LogP contribution < -0.4 is 10.1 Å². The average molecular weight is 251 g/mol. The van der Waals surface area contributed by atoms with Gasteiger partial charge in [0.2, 0.25) is 0 Å². The van der Waals surface area contributed by atoms with Crippen LogP contribution in [-0.2, 0) is 0 Å². The van der Waals surface area contributed by atoms with Crippen LogP contribution in [0.3, 0.4) is 0 Å². The molecule has 2 rings (SSSR count). The lowest BCUT2D eigenvalue weighted by atomic mass is 9.80. The molecule has 98 valence electrons. The van der Waals surface area contributed by atoms with Crippen molar-refractivity contribution in [1.29, 1.82) is 0 Å². The Morgan fingerprint density at radius 3 is 2.72 bits per heavy atom. The minimum atomic E-state index is -0.766. The van der Waals surface area contributed by atoms with Gasteiger partial charge in [-0.1, -0.05) is 0 Å². The van der Waals surface area contributed by atoms with E-state index in [1.165, 1.54) is 19.2 Å². The molecule has 0 atom stereocenters. The van der Waals surface area contributed by atoms with E-state index in [4.69, 9.17) is 4.74 Å². The highest BCUT2D eigenvalue weighted by molar-refractivity contribution is 5.97. The Bertz CT molecular complexity index is 454. The molecule has 5 heteroatoms. The van der Waals surface area contributed by atoms with Crippen LogP contribution in [0, 0.1) is 0 Å². The van der Waals surface area contributed by atoms with Gasteiger partial charge in [-0.05, 0) is 31.4 Å². The first-order valence-corrected chi connectivity index (χ1v) is 5.92. The molecule has 1 aliphatic rings. The molecule has 0 aliphatic heterocycles. The molecule has 0 unspecified atom stereocenters. The van der Waals surface area contributed by atoms with Gasteiger partial charge in [-0.2, -0.15) is 0 Å². The number of hydrogen-bond donors (Lipinski definition) is 3. The monoisotopic (exact) mass is 251 g/mol. The molecule has 0 saturated heterocycles. The van der Waals surface area contributed by atoms with Gasteiger partial charge in [0.05, 0.1) is 18.3 Å². The number of carbonyl (C=O) groups excluding carboxylic acids is 1. The van der Waals surface area contributed by atoms with Gasteiger partial charge in [-0.25, -0.2) is 0 Å². The fraction of sp³-hybridized carbons (Fsp3) is 0.462. The van der Waals surface area contributed by atoms with Crippen LogP contribution in [0.1, 0.15) is 29.6 Å². The van der Waals surface area contributed by atoms with E-state index < -0.39 is 11.5 Å². The van der Waals surface area contributed by atoms with Gasteiger partial charge in [-0.3, -0.25) is 4.79 Å². The molecule has 0 spiro atoms. The zero-order valence-electron chi connectivity index (χ0n) is 10.3. The van der Waals surface area contributed by atoms with E-state index in [2.05, 4.69) is 5.32 Å². The number of methoxy groups -OCH3 is 1. The van der Waals surface area contributed by atoms with E-state index in [0.717, 1.165) is 6.42 Å². The topological polar surface area (TPSA) is 78.8 Å². The van der Waals surface area contributed by atoms with E-state index in [1.807, 2.05) is 0 Å². The summed E-state index contributed by atoms with van der Waals surface area (Å²) in [5.41, 5.74) is -0.587. The lowest BCUT2D eigenvalue weighted by Gasteiger charge is -2.36. The van der Waals surface area contributed by atoms with Gasteiger partial charge in [0.25, 0.3) is 5.91 Å². The van der Waals surface area contributed by atoms with E-state index in [0.29, 0.717) is 18.6 Å². The molecule has 0 bridgehead atoms. The minimum Gasteiger partial charge on any atom is -0.507 e. The number of phenolic OH excluding ortho intramolecular Hbond substituents is 1. The normalized spacial score (nSPS) is 16.8. The Morgan fingerprint density at radius 1 is 1.50 bits per heavy atom. The molecular weight excluding hydrogens is 234 g/mol. The molecule has 1 aromatic carbocycles. The van der Waals surface area contributed by atoms with Crippen molar-refractivity contribution in [3.05, 3.63) is 23.8 Å². The largest absolute Gasteiger partial charge is 0.507 e. The number of amides is 1. The molecule has 5 nitrogen and oxygen atoms in total. The highest BCUT2D eigenvalue weighted by Gasteiger charge is 2.34. The molecular formula is C13H17NO4. The number of phenols is 1. The zero-order valence-corrected chi connectivity index (χ0v) is 10.3. The quantitative estimate of drug-likeness (QED) is 0.747. The van der Waals surface area contributed by atoms with Crippen LogP contribution in [0.25, 0.3) is 0 Å². The summed E-state index contributed by atoms with van der Waals surface area (Å²) in [6.07, 6.45) is 2.41. The highest BCUT2D eigenvalue weighted by Crippen LogP contribution is 2.31. The summed E-state index contributed by atoms with van der Waals surface area (Å²) in [6, 6.07) is 4.48. The molecule has 1 amide bonds. The molecule has 0 aromatic heterocycles. The van der Waals surface area contributed by atoms with Gasteiger partial charge in [-0.15, -0.1) is 0 Å². The molecule has 3 N–H and O–H groups in total. The SMILES string of the molecule is COc1ccc(C(=O)NCC2(O)CCC2)c(O)c1. The van der Waals surface area contributed by atoms with Crippen molar-refractivity contribution in [3.63, 3.8) is 0 Å². The molecule has 0 heterocycles. The number of nitrogens with one attached hydrogen (secondary N) is 1. The minimum absolute atomic E-state index is 0.132. The maximum Gasteiger partial charge on any atom is 0.255 e. The Morgan fingerprint density at radius 2 is 2.22 bits per heavy atom. The number of rotatable bonds is 4. The maximum absolute atomic E-state index is 11.8. The van der Waals surface area contributed by atoms with Gasteiger partial charge in [0, 0.05) is 12.6 Å². The first-order valence-electron chi connectivity index (χ1n) is 5.92. The van der Waals surface area contributed by atoms with Crippen molar-refractivity contribution in [2.24, 2.45) is 0 Å². The van der Waals surface area contributed by atoms with Crippen molar-refractivity contribution in [2.75, 3.05) is 13.7 Å². The third-order valence-corrected chi connectivity index (χ3v) is 3.31. The van der Waals surface area contributed by atoms with E-state index in [9.17, 15) is 15.0 Å². The van der Waals surface area contributed by atoms with Crippen LogP contribution >= 0.6 is 0 Å². The van der Waals surface area contributed by atoms with Crippen molar-refractivity contribution >= 4 is 5.91 Å². The van der Waals surface area contributed by atoms with Crippen molar-refractivity contribution in [2.45, 2.75) is 24.9 Å². The second kappa shape index (κ2) is 4.86. The summed E-state index contributed by atoms with van der Waals surface area (Å²) in [7, 11) is 1.49. The smallest absolute Gasteiger partial charge is 0.255 e. The van der Waals surface area contributed by atoms with Crippen LogP contribution in [0.5, 0.6) is 11.5 Å². The lowest BCUT2D eigenvalue weighted by Crippen LogP contribution is -2.47. The number of benzene rings is 1. The average Bonchev–Trinajstić information content (AvgIpc) is 2.33. The van der Waals surface area contributed by atoms with Gasteiger partial charge in [0.1, 0.15) is 11.5 Å². The highest BCUT2D eigenvalue weighted by atomic mass is 16.5. The van der Waals surface area contributed by atoms with Crippen molar-refractivity contribution < 1.29 is 19.7 Å². The standard InChI is InChI=1S/C13H17NO4/c1-18-9-3-4-10(11(15)7-9)12(16)14-8-13(17)5-2-6-13/h3-4,7,15,17H,2,5-6,8H2,1H3,(H,14,16). The lowest BCUT2D eigenvalue weighted by molar-refractivity contribution is -0.0300. The van der Waals surface area contributed by atoms with Crippen LogP contribution in [0.2, 0.25) is 0 Å². The number of ether oxygens (including phenoxy) is 1. The van der Waals surface area contributed by atoms with E-state index >= 15 is 0 Å². The number of hydrogen-bond acceptors (Lipinski definition) is 4. The molecule has 18 heavy (non-hydrogen) atoms. The first-order chi connectivity index (χ1) is 8.54. The Labute approximate surface area is 105 Å². The number of aliphatic hydroxyl groups is 1. The van der Waals surface area contributed by atoms with Gasteiger partial charge >= 0.3 is 0 Å². The summed E-state index contributed by atoms with van der Waals surface area (Å²) in [6.45, 7) is 0.220. The number of carbonyl (C=O) groups is 1. The maximum atomic E-state index is 11.8. The van der Waals surface area contributed by atoms with Crippen LogP contribution in [0.4, 0.5) is 0 Å². The van der Waals surface area contributed by atoms with E-state index in [-0.39, 0.29) is 17.9 Å². The summed E-state index contributed by atoms with van der Waals surface area (Å²) >= 11 is 0. The van der Waals surface area contributed by atoms with Crippen molar-refractivity contribution in [1.82, 2.24) is 5.32 Å². The predicted octanol–water partition coefficient (Wildman–Crippen LogP) is 1.05. The zero-order chi connectivity index (χ0) is 13.2. The predicted molar refractivity (Wildman–Crippen MR) is 65.8 cm³/mol. The van der Waals surface area contributed by atoms with Gasteiger partial charge < -0.3 is 20.3 Å². The number of aromatic hydroxyl groups is 1. The second-order valence-electron chi connectivity index (χ2n) is 4.64. The first kappa shape index (κ1) is 12.7.